The summed E-state index contributed by atoms with van der Waals surface area (Å²) in [5.74, 6) is -1.35. The summed E-state index contributed by atoms with van der Waals surface area (Å²) in [5.41, 5.74) is 7.18. The van der Waals surface area contributed by atoms with E-state index in [4.69, 9.17) is 20.8 Å². The van der Waals surface area contributed by atoms with Gasteiger partial charge in [0.1, 0.15) is 16.4 Å². The van der Waals surface area contributed by atoms with E-state index < -0.39 is 33.2 Å². The molecule has 0 saturated carbocycles. The Hall–Kier alpha value is -3.31. The van der Waals surface area contributed by atoms with Gasteiger partial charge < -0.3 is 25.9 Å². The second kappa shape index (κ2) is 10.1. The van der Waals surface area contributed by atoms with Crippen LogP contribution in [0.5, 0.6) is 11.5 Å². The number of rotatable bonds is 10. The van der Waals surface area contributed by atoms with Crippen molar-refractivity contribution < 1.29 is 33.4 Å². The van der Waals surface area contributed by atoms with Gasteiger partial charge in [-0.05, 0) is 47.7 Å². The Morgan fingerprint density at radius 3 is 2.55 bits per heavy atom. The molecule has 10 nitrogen and oxygen atoms in total. The smallest absolute Gasteiger partial charge is 0.341 e. The number of hydrogen-bond acceptors (Lipinski definition) is 7. The predicted octanol–water partition coefficient (Wildman–Crippen LogP) is 1.59. The monoisotopic (exact) mass is 451 g/mol. The summed E-state index contributed by atoms with van der Waals surface area (Å²) in [5, 5.41) is 30.4. The third-order valence-electron chi connectivity index (χ3n) is 4.45. The van der Waals surface area contributed by atoms with Gasteiger partial charge in [0.15, 0.2) is 12.4 Å². The topological polar surface area (TPSA) is 172 Å². The van der Waals surface area contributed by atoms with Crippen molar-refractivity contribution in [2.45, 2.75) is 31.1 Å². The van der Waals surface area contributed by atoms with Crippen LogP contribution in [0, 0.1) is 0 Å². The molecule has 0 bridgehead atoms. The van der Waals surface area contributed by atoms with Gasteiger partial charge in [-0.15, -0.1) is 0 Å². The Labute approximate surface area is 180 Å². The molecule has 2 rings (SSSR count). The van der Waals surface area contributed by atoms with Gasteiger partial charge >= 0.3 is 5.97 Å². The first kappa shape index (κ1) is 24.0. The Morgan fingerprint density at radius 2 is 1.94 bits per heavy atom. The van der Waals surface area contributed by atoms with Crippen molar-refractivity contribution in [3.63, 3.8) is 0 Å². The maximum atomic E-state index is 12.6. The van der Waals surface area contributed by atoms with Crippen LogP contribution in [0.15, 0.2) is 46.4 Å². The van der Waals surface area contributed by atoms with Crippen LogP contribution in [-0.2, 0) is 21.2 Å². The van der Waals surface area contributed by atoms with Crippen LogP contribution < -0.4 is 15.2 Å². The van der Waals surface area contributed by atoms with Gasteiger partial charge in [-0.25, -0.2) is 17.9 Å². The van der Waals surface area contributed by atoms with Crippen molar-refractivity contribution in [3.8, 4) is 11.5 Å². The number of benzene rings is 2. The van der Waals surface area contributed by atoms with Gasteiger partial charge in [0.2, 0.25) is 10.0 Å². The summed E-state index contributed by atoms with van der Waals surface area (Å²) < 4.78 is 33.0. The predicted molar refractivity (Wildman–Crippen MR) is 113 cm³/mol. The first-order valence-electron chi connectivity index (χ1n) is 9.33. The summed E-state index contributed by atoms with van der Waals surface area (Å²) in [6.45, 7) is 3.41. The number of phenols is 1. The highest BCUT2D eigenvalue weighted by Crippen LogP contribution is 2.26. The Bertz CT molecular complexity index is 1080. The fourth-order valence-electron chi connectivity index (χ4n) is 2.75. The van der Waals surface area contributed by atoms with Gasteiger partial charge in [0, 0.05) is 12.1 Å². The molecule has 31 heavy (non-hydrogen) atoms. The highest BCUT2D eigenvalue weighted by molar-refractivity contribution is 7.89. The molecule has 0 aromatic heterocycles. The number of sulfonamides is 1. The number of nitrogens with zero attached hydrogens (tertiary/aromatic N) is 1. The number of aliphatic carboxylic acids is 1. The first-order chi connectivity index (χ1) is 14.5. The second-order valence-electron chi connectivity index (χ2n) is 7.02. The molecular formula is C20H25N3O7S. The number of carboxylic acids is 1. The molecule has 2 aromatic rings. The van der Waals surface area contributed by atoms with E-state index in [-0.39, 0.29) is 30.3 Å². The number of carbonyl (C=O) groups is 1. The number of aromatic hydroxyl groups is 1. The van der Waals surface area contributed by atoms with E-state index in [9.17, 15) is 18.3 Å². The van der Waals surface area contributed by atoms with Crippen LogP contribution in [0.1, 0.15) is 36.5 Å². The Balaban J connectivity index is 2.19. The number of amidine groups is 1. The number of nitrogens with one attached hydrogen (secondary N) is 1. The maximum Gasteiger partial charge on any atom is 0.341 e. The fourth-order valence-corrected chi connectivity index (χ4v) is 3.91. The normalized spacial score (nSPS) is 12.2. The minimum absolute atomic E-state index is 0.0416. The molecule has 0 radical (unpaired) electrons. The van der Waals surface area contributed by atoms with Crippen LogP contribution in [0.2, 0.25) is 0 Å². The first-order valence-corrected chi connectivity index (χ1v) is 10.8. The lowest BCUT2D eigenvalue weighted by molar-refractivity contribution is -0.139. The molecule has 0 aliphatic heterocycles. The molecule has 6 N–H and O–H groups in total. The van der Waals surface area contributed by atoms with E-state index in [0.29, 0.717) is 11.3 Å². The molecule has 0 amide bonds. The van der Waals surface area contributed by atoms with Crippen molar-refractivity contribution in [3.05, 3.63) is 53.1 Å². The summed E-state index contributed by atoms with van der Waals surface area (Å²) in [7, 11) is -4.11. The average Bonchev–Trinajstić information content (AvgIpc) is 2.72. The van der Waals surface area contributed by atoms with Crippen molar-refractivity contribution in [2.24, 2.45) is 10.9 Å². The van der Waals surface area contributed by atoms with Gasteiger partial charge in [-0.1, -0.05) is 31.1 Å². The van der Waals surface area contributed by atoms with Crippen molar-refractivity contribution in [2.75, 3.05) is 13.2 Å². The van der Waals surface area contributed by atoms with E-state index in [1.54, 1.807) is 12.1 Å². The SMILES string of the molecule is CC(C)c1ccc(CCNS(=O)(=O)c2cc(/C(N)=N/O)ccc2O)c(OCC(=O)O)c1. The Kier molecular flexibility index (Phi) is 7.83. The largest absolute Gasteiger partial charge is 0.507 e. The van der Waals surface area contributed by atoms with Crippen LogP contribution in [0.4, 0.5) is 0 Å². The highest BCUT2D eigenvalue weighted by atomic mass is 32.2. The highest BCUT2D eigenvalue weighted by Gasteiger charge is 2.20. The zero-order valence-electron chi connectivity index (χ0n) is 17.1. The Morgan fingerprint density at radius 1 is 1.23 bits per heavy atom. The minimum atomic E-state index is -4.11. The average molecular weight is 452 g/mol. The lowest BCUT2D eigenvalue weighted by Crippen LogP contribution is -2.27. The molecule has 0 fully saturated rings. The van der Waals surface area contributed by atoms with Gasteiger partial charge in [-0.2, -0.15) is 0 Å². The molecule has 2 aromatic carbocycles. The standard InChI is InChI=1S/C20H25N3O7S/c1-12(2)14-4-3-13(17(9-14)30-11-19(25)26)7-8-22-31(28,29)18-10-15(20(21)23-27)5-6-16(18)24/h3-6,9-10,12,22,24,27H,7-8,11H2,1-2H3,(H2,21,23)(H,25,26). The number of hydrogen-bond donors (Lipinski definition) is 5. The third-order valence-corrected chi connectivity index (χ3v) is 5.94. The number of nitrogens with two attached hydrogens (primary N) is 1. The van der Waals surface area contributed by atoms with E-state index in [1.165, 1.54) is 6.07 Å². The van der Waals surface area contributed by atoms with E-state index >= 15 is 0 Å². The van der Waals surface area contributed by atoms with Gasteiger partial charge in [-0.3, -0.25) is 0 Å². The quantitative estimate of drug-likeness (QED) is 0.157. The fraction of sp³-hybridized carbons (Fsp3) is 0.300. The van der Waals surface area contributed by atoms with E-state index in [2.05, 4.69) is 9.88 Å². The van der Waals surface area contributed by atoms with Crippen LogP contribution >= 0.6 is 0 Å². The van der Waals surface area contributed by atoms with Crippen molar-refractivity contribution in [1.29, 1.82) is 0 Å². The summed E-state index contributed by atoms with van der Waals surface area (Å²) in [4.78, 5) is 10.4. The molecule has 0 spiro atoms. The number of ether oxygens (including phenoxy) is 1. The lowest BCUT2D eigenvalue weighted by Gasteiger charge is -2.15. The zero-order chi connectivity index (χ0) is 23.2. The molecule has 0 saturated heterocycles. The zero-order valence-corrected chi connectivity index (χ0v) is 17.9. The molecule has 0 heterocycles. The van der Waals surface area contributed by atoms with Crippen LogP contribution in [-0.4, -0.2) is 48.8 Å². The maximum absolute atomic E-state index is 12.6. The molecule has 168 valence electrons. The molecular weight excluding hydrogens is 426 g/mol. The summed E-state index contributed by atoms with van der Waals surface area (Å²) in [6, 6.07) is 8.90. The van der Waals surface area contributed by atoms with Gasteiger partial charge in [0.25, 0.3) is 0 Å². The van der Waals surface area contributed by atoms with E-state index in [1.807, 2.05) is 19.9 Å². The van der Waals surface area contributed by atoms with Gasteiger partial charge in [0.05, 0.1) is 0 Å². The number of phenolic OH excluding ortho intramolecular Hbond substituents is 1. The lowest BCUT2D eigenvalue weighted by atomic mass is 10.00. The molecule has 0 aliphatic carbocycles. The van der Waals surface area contributed by atoms with Crippen molar-refractivity contribution in [1.82, 2.24) is 4.72 Å². The van der Waals surface area contributed by atoms with Crippen LogP contribution in [0.3, 0.4) is 0 Å². The summed E-state index contributed by atoms with van der Waals surface area (Å²) in [6.07, 6.45) is 0.216. The van der Waals surface area contributed by atoms with Crippen molar-refractivity contribution >= 4 is 21.8 Å². The van der Waals surface area contributed by atoms with E-state index in [0.717, 1.165) is 17.7 Å². The number of oxime groups is 1. The second-order valence-corrected chi connectivity index (χ2v) is 8.76. The third kappa shape index (κ3) is 6.33. The molecule has 11 heteroatoms. The molecule has 0 atom stereocenters. The number of carboxylic acid groups (broad SMARTS) is 1. The van der Waals surface area contributed by atoms with Crippen LogP contribution in [0.25, 0.3) is 0 Å². The summed E-state index contributed by atoms with van der Waals surface area (Å²) >= 11 is 0. The molecule has 0 unspecified atom stereocenters. The minimum Gasteiger partial charge on any atom is -0.507 e. The molecule has 0 aliphatic rings.